The van der Waals surface area contributed by atoms with Crippen molar-refractivity contribution in [2.45, 2.75) is 6.04 Å². The number of hydrogen-bond acceptors (Lipinski definition) is 4. The van der Waals surface area contributed by atoms with E-state index in [1.165, 1.54) is 0 Å². The molecule has 4 heteroatoms. The van der Waals surface area contributed by atoms with Crippen LogP contribution >= 0.6 is 0 Å². The van der Waals surface area contributed by atoms with Gasteiger partial charge in [-0.15, -0.1) is 0 Å². The molecule has 2 aromatic carbocycles. The Hall–Kier alpha value is -3.40. The molecule has 0 aliphatic rings. The number of aromatic hydroxyl groups is 1. The van der Waals surface area contributed by atoms with Gasteiger partial charge in [0.05, 0.1) is 6.04 Å². The predicted molar refractivity (Wildman–Crippen MR) is 99.6 cm³/mol. The molecule has 1 unspecified atom stereocenters. The first-order valence-corrected chi connectivity index (χ1v) is 8.11. The Bertz CT molecular complexity index is 988. The van der Waals surface area contributed by atoms with Crippen molar-refractivity contribution in [3.05, 3.63) is 96.4 Å². The average molecular weight is 327 g/mol. The first kappa shape index (κ1) is 15.1. The highest BCUT2D eigenvalue weighted by molar-refractivity contribution is 5.86. The summed E-state index contributed by atoms with van der Waals surface area (Å²) < 4.78 is 0. The van der Waals surface area contributed by atoms with Gasteiger partial charge in [-0.1, -0.05) is 42.5 Å². The molecule has 0 amide bonds. The number of phenolic OH excluding ortho intramolecular Hbond substituents is 1. The first-order chi connectivity index (χ1) is 12.3. The van der Waals surface area contributed by atoms with Crippen molar-refractivity contribution in [3.63, 3.8) is 0 Å². The van der Waals surface area contributed by atoms with Gasteiger partial charge in [0.15, 0.2) is 0 Å². The zero-order valence-corrected chi connectivity index (χ0v) is 13.5. The lowest BCUT2D eigenvalue weighted by molar-refractivity contribution is 0.471. The van der Waals surface area contributed by atoms with Crippen molar-refractivity contribution >= 4 is 16.6 Å². The first-order valence-electron chi connectivity index (χ1n) is 8.11. The van der Waals surface area contributed by atoms with Gasteiger partial charge in [-0.2, -0.15) is 0 Å². The van der Waals surface area contributed by atoms with E-state index in [0.29, 0.717) is 5.52 Å². The number of hydrogen-bond donors (Lipinski definition) is 2. The molecule has 2 aromatic heterocycles. The molecule has 1 atom stereocenters. The van der Waals surface area contributed by atoms with Crippen LogP contribution in [0.5, 0.6) is 5.75 Å². The van der Waals surface area contributed by atoms with Crippen LogP contribution in [0.1, 0.15) is 17.2 Å². The zero-order chi connectivity index (χ0) is 17.1. The molecule has 0 fully saturated rings. The van der Waals surface area contributed by atoms with E-state index in [-0.39, 0.29) is 11.8 Å². The molecule has 0 aliphatic carbocycles. The van der Waals surface area contributed by atoms with E-state index >= 15 is 0 Å². The molecule has 4 aromatic rings. The fourth-order valence-electron chi connectivity index (χ4n) is 2.97. The SMILES string of the molecule is Oc1c(C(Nc2ccccc2)c2cccnc2)ccc2cccnc12. The smallest absolute Gasteiger partial charge is 0.147 e. The van der Waals surface area contributed by atoms with E-state index in [1.807, 2.05) is 72.9 Å². The van der Waals surface area contributed by atoms with Crippen molar-refractivity contribution < 1.29 is 5.11 Å². The number of nitrogens with zero attached hydrogens (tertiary/aromatic N) is 2. The normalized spacial score (nSPS) is 12.0. The average Bonchev–Trinajstić information content (AvgIpc) is 2.69. The largest absolute Gasteiger partial charge is 0.505 e. The fraction of sp³-hybridized carbons (Fsp3) is 0.0476. The Morgan fingerprint density at radius 2 is 1.68 bits per heavy atom. The molecule has 0 saturated heterocycles. The Kier molecular flexibility index (Phi) is 4.01. The standard InChI is InChI=1S/C21H17N3O/c25-21-18(11-10-15-6-5-13-23-20(15)21)19(16-7-4-12-22-14-16)24-17-8-2-1-3-9-17/h1-14,19,24-25H. The van der Waals surface area contributed by atoms with Crippen molar-refractivity contribution in [2.75, 3.05) is 5.32 Å². The van der Waals surface area contributed by atoms with Gasteiger partial charge in [0.25, 0.3) is 0 Å². The van der Waals surface area contributed by atoms with Crippen LogP contribution in [0.15, 0.2) is 85.3 Å². The van der Waals surface area contributed by atoms with E-state index in [9.17, 15) is 5.11 Å². The number of benzene rings is 2. The molecule has 0 aliphatic heterocycles. The molecular weight excluding hydrogens is 310 g/mol. The molecule has 2 heterocycles. The molecule has 0 bridgehead atoms. The number of rotatable bonds is 4. The molecule has 122 valence electrons. The fourth-order valence-corrected chi connectivity index (χ4v) is 2.97. The molecule has 4 rings (SSSR count). The minimum atomic E-state index is -0.234. The van der Waals surface area contributed by atoms with Crippen molar-refractivity contribution in [1.82, 2.24) is 9.97 Å². The van der Waals surface area contributed by atoms with E-state index in [0.717, 1.165) is 22.2 Å². The number of aromatic nitrogens is 2. The maximum absolute atomic E-state index is 10.8. The van der Waals surface area contributed by atoms with Gasteiger partial charge in [-0.05, 0) is 29.8 Å². The Morgan fingerprint density at radius 1 is 0.840 bits per heavy atom. The van der Waals surface area contributed by atoms with Crippen LogP contribution in [0.25, 0.3) is 10.9 Å². The second kappa shape index (κ2) is 6.61. The topological polar surface area (TPSA) is 58.0 Å². The summed E-state index contributed by atoms with van der Waals surface area (Å²) in [6.45, 7) is 0. The lowest BCUT2D eigenvalue weighted by atomic mass is 9.97. The maximum Gasteiger partial charge on any atom is 0.147 e. The minimum absolute atomic E-state index is 0.190. The Balaban J connectivity index is 1.85. The van der Waals surface area contributed by atoms with E-state index in [2.05, 4.69) is 15.3 Å². The van der Waals surface area contributed by atoms with Crippen LogP contribution in [-0.4, -0.2) is 15.1 Å². The lowest BCUT2D eigenvalue weighted by Crippen LogP contribution is -2.13. The minimum Gasteiger partial charge on any atom is -0.505 e. The number of phenols is 1. The Labute approximate surface area is 145 Å². The number of fused-ring (bicyclic) bond motifs is 1. The van der Waals surface area contributed by atoms with Gasteiger partial charge in [0.1, 0.15) is 11.3 Å². The van der Waals surface area contributed by atoms with Gasteiger partial charge in [0, 0.05) is 35.2 Å². The Morgan fingerprint density at radius 3 is 2.48 bits per heavy atom. The molecule has 0 spiro atoms. The molecule has 25 heavy (non-hydrogen) atoms. The van der Waals surface area contributed by atoms with Gasteiger partial charge >= 0.3 is 0 Å². The zero-order valence-electron chi connectivity index (χ0n) is 13.5. The summed E-state index contributed by atoms with van der Waals surface area (Å²) in [7, 11) is 0. The second-order valence-electron chi connectivity index (χ2n) is 5.81. The van der Waals surface area contributed by atoms with Gasteiger partial charge < -0.3 is 10.4 Å². The summed E-state index contributed by atoms with van der Waals surface area (Å²) in [5.74, 6) is 0.190. The van der Waals surface area contributed by atoms with E-state index in [1.54, 1.807) is 12.4 Å². The van der Waals surface area contributed by atoms with E-state index < -0.39 is 0 Å². The third kappa shape index (κ3) is 3.02. The second-order valence-corrected chi connectivity index (χ2v) is 5.81. The lowest BCUT2D eigenvalue weighted by Gasteiger charge is -2.22. The number of para-hydroxylation sites is 1. The highest BCUT2D eigenvalue weighted by Gasteiger charge is 2.20. The predicted octanol–water partition coefficient (Wildman–Crippen LogP) is 4.54. The quantitative estimate of drug-likeness (QED) is 0.578. The van der Waals surface area contributed by atoms with Crippen LogP contribution in [0.2, 0.25) is 0 Å². The van der Waals surface area contributed by atoms with Crippen LogP contribution in [0.3, 0.4) is 0 Å². The number of nitrogens with one attached hydrogen (secondary N) is 1. The molecule has 0 radical (unpaired) electrons. The van der Waals surface area contributed by atoms with Crippen LogP contribution < -0.4 is 5.32 Å². The highest BCUT2D eigenvalue weighted by Crippen LogP contribution is 2.36. The maximum atomic E-state index is 10.8. The highest BCUT2D eigenvalue weighted by atomic mass is 16.3. The van der Waals surface area contributed by atoms with Crippen LogP contribution in [0.4, 0.5) is 5.69 Å². The number of pyridine rings is 2. The van der Waals surface area contributed by atoms with Crippen LogP contribution in [0, 0.1) is 0 Å². The van der Waals surface area contributed by atoms with Crippen molar-refractivity contribution in [2.24, 2.45) is 0 Å². The summed E-state index contributed by atoms with van der Waals surface area (Å²) >= 11 is 0. The van der Waals surface area contributed by atoms with Crippen molar-refractivity contribution in [3.8, 4) is 5.75 Å². The van der Waals surface area contributed by atoms with Gasteiger partial charge in [-0.3, -0.25) is 9.97 Å². The molecular formula is C21H17N3O. The summed E-state index contributed by atoms with van der Waals surface area (Å²) in [5, 5.41) is 15.2. The molecule has 0 saturated carbocycles. The van der Waals surface area contributed by atoms with E-state index in [4.69, 9.17) is 0 Å². The van der Waals surface area contributed by atoms with Gasteiger partial charge in [0.2, 0.25) is 0 Å². The van der Waals surface area contributed by atoms with Crippen LogP contribution in [-0.2, 0) is 0 Å². The summed E-state index contributed by atoms with van der Waals surface area (Å²) in [4.78, 5) is 8.56. The monoisotopic (exact) mass is 327 g/mol. The summed E-state index contributed by atoms with van der Waals surface area (Å²) in [6.07, 6.45) is 5.24. The third-order valence-corrected chi connectivity index (χ3v) is 4.19. The van der Waals surface area contributed by atoms with Crippen molar-refractivity contribution in [1.29, 1.82) is 0 Å². The third-order valence-electron chi connectivity index (χ3n) is 4.19. The summed E-state index contributed by atoms with van der Waals surface area (Å²) in [6, 6.07) is 21.3. The van der Waals surface area contributed by atoms with Gasteiger partial charge in [-0.25, -0.2) is 0 Å². The summed E-state index contributed by atoms with van der Waals surface area (Å²) in [5.41, 5.74) is 3.31. The number of anilines is 1. The molecule has 4 nitrogen and oxygen atoms in total. The molecule has 2 N–H and O–H groups in total.